The molecule has 0 aliphatic rings. The van der Waals surface area contributed by atoms with Gasteiger partial charge in [0.25, 0.3) is 0 Å². The van der Waals surface area contributed by atoms with Crippen molar-refractivity contribution in [2.45, 2.75) is 25.0 Å². The molecule has 1 aromatic carbocycles. The first kappa shape index (κ1) is 16.2. The van der Waals surface area contributed by atoms with Crippen molar-refractivity contribution in [2.24, 2.45) is 0 Å². The minimum atomic E-state index is -0.0677. The summed E-state index contributed by atoms with van der Waals surface area (Å²) in [6.07, 6.45) is 0. The molecule has 1 aromatic heterocycles. The number of nitrogen functional groups attached to an aromatic ring is 1. The van der Waals surface area contributed by atoms with Gasteiger partial charge in [0.2, 0.25) is 11.1 Å². The fourth-order valence-electron chi connectivity index (χ4n) is 1.88. The van der Waals surface area contributed by atoms with E-state index in [0.717, 1.165) is 5.56 Å². The van der Waals surface area contributed by atoms with Crippen LogP contribution in [0.3, 0.4) is 0 Å². The number of carbonyl (C=O) groups excluding carboxylic acids is 1. The first-order chi connectivity index (χ1) is 10.5. The molecule has 2 aromatic rings. The van der Waals surface area contributed by atoms with Crippen molar-refractivity contribution in [1.29, 1.82) is 0 Å². The van der Waals surface area contributed by atoms with E-state index in [4.69, 9.17) is 10.6 Å². The lowest BCUT2D eigenvalue weighted by Crippen LogP contribution is -2.31. The van der Waals surface area contributed by atoms with Crippen LogP contribution in [-0.2, 0) is 4.79 Å². The molecule has 22 heavy (non-hydrogen) atoms. The second-order valence-electron chi connectivity index (χ2n) is 4.89. The van der Waals surface area contributed by atoms with Crippen LogP contribution < -0.4 is 15.9 Å². The molecule has 3 N–H and O–H groups in total. The fraction of sp³-hybridized carbons (Fsp3) is 0.357. The van der Waals surface area contributed by atoms with Crippen LogP contribution in [0.2, 0.25) is 0 Å². The van der Waals surface area contributed by atoms with Crippen LogP contribution in [-0.4, -0.2) is 39.7 Å². The molecule has 0 atom stereocenters. The molecule has 1 amide bonds. The van der Waals surface area contributed by atoms with Crippen molar-refractivity contribution in [3.8, 4) is 17.1 Å². The molecule has 7 nitrogen and oxygen atoms in total. The van der Waals surface area contributed by atoms with Crippen LogP contribution in [0.5, 0.6) is 5.75 Å². The van der Waals surface area contributed by atoms with Gasteiger partial charge in [0, 0.05) is 6.04 Å². The van der Waals surface area contributed by atoms with Crippen molar-refractivity contribution in [2.75, 3.05) is 18.7 Å². The molecule has 0 aliphatic carbocycles. The Bertz CT molecular complexity index is 656. The summed E-state index contributed by atoms with van der Waals surface area (Å²) >= 11 is 1.24. The summed E-state index contributed by atoms with van der Waals surface area (Å²) in [5, 5.41) is 11.4. The Kier molecular flexibility index (Phi) is 5.26. The Morgan fingerprint density at radius 3 is 2.82 bits per heavy atom. The predicted molar refractivity (Wildman–Crippen MR) is 86.2 cm³/mol. The van der Waals surface area contributed by atoms with Crippen molar-refractivity contribution in [3.63, 3.8) is 0 Å². The number of methoxy groups -OCH3 is 1. The summed E-state index contributed by atoms with van der Waals surface area (Å²) in [7, 11) is 1.59. The van der Waals surface area contributed by atoms with E-state index in [0.29, 0.717) is 16.7 Å². The van der Waals surface area contributed by atoms with Crippen molar-refractivity contribution in [1.82, 2.24) is 20.2 Å². The first-order valence-electron chi connectivity index (χ1n) is 6.79. The number of hydrogen-bond donors (Lipinski definition) is 2. The second-order valence-corrected chi connectivity index (χ2v) is 5.83. The Morgan fingerprint density at radius 1 is 1.41 bits per heavy atom. The lowest BCUT2D eigenvalue weighted by atomic mass is 10.2. The van der Waals surface area contributed by atoms with Gasteiger partial charge in [-0.1, -0.05) is 23.9 Å². The molecule has 0 bridgehead atoms. The van der Waals surface area contributed by atoms with Crippen LogP contribution in [0, 0.1) is 0 Å². The van der Waals surface area contributed by atoms with Gasteiger partial charge < -0.3 is 15.9 Å². The maximum absolute atomic E-state index is 11.7. The van der Waals surface area contributed by atoms with E-state index in [1.165, 1.54) is 16.4 Å². The molecule has 1 heterocycles. The number of aromatic nitrogens is 3. The van der Waals surface area contributed by atoms with E-state index in [9.17, 15) is 4.79 Å². The zero-order valence-corrected chi connectivity index (χ0v) is 13.6. The highest BCUT2D eigenvalue weighted by molar-refractivity contribution is 7.99. The average Bonchev–Trinajstić information content (AvgIpc) is 2.85. The maximum atomic E-state index is 11.7. The Hall–Kier alpha value is -2.22. The minimum absolute atomic E-state index is 0.0677. The highest BCUT2D eigenvalue weighted by Crippen LogP contribution is 2.29. The topological polar surface area (TPSA) is 95.1 Å². The lowest BCUT2D eigenvalue weighted by molar-refractivity contribution is -0.119. The number of hydrogen-bond acceptors (Lipinski definition) is 6. The summed E-state index contributed by atoms with van der Waals surface area (Å²) in [6, 6.07) is 7.52. The third-order valence-corrected chi connectivity index (χ3v) is 3.74. The van der Waals surface area contributed by atoms with Crippen LogP contribution in [0.15, 0.2) is 29.4 Å². The van der Waals surface area contributed by atoms with Gasteiger partial charge in [0.15, 0.2) is 5.82 Å². The van der Waals surface area contributed by atoms with Crippen molar-refractivity contribution < 1.29 is 9.53 Å². The predicted octanol–water partition coefficient (Wildman–Crippen LogP) is 1.28. The summed E-state index contributed by atoms with van der Waals surface area (Å²) in [5.74, 6) is 7.35. The van der Waals surface area contributed by atoms with E-state index in [1.54, 1.807) is 7.11 Å². The maximum Gasteiger partial charge on any atom is 0.230 e. The SMILES string of the molecule is COc1ccccc1-c1nnc(SCC(=O)NC(C)C)n1N. The quantitative estimate of drug-likeness (QED) is 0.615. The van der Waals surface area contributed by atoms with E-state index in [-0.39, 0.29) is 17.7 Å². The zero-order chi connectivity index (χ0) is 16.1. The minimum Gasteiger partial charge on any atom is -0.496 e. The average molecular weight is 321 g/mol. The molecular formula is C14H19N5O2S. The molecule has 0 spiro atoms. The molecule has 8 heteroatoms. The van der Waals surface area contributed by atoms with E-state index >= 15 is 0 Å². The molecule has 0 aliphatic heterocycles. The third-order valence-electron chi connectivity index (χ3n) is 2.79. The summed E-state index contributed by atoms with van der Waals surface area (Å²) in [5.41, 5.74) is 0.749. The highest BCUT2D eigenvalue weighted by atomic mass is 32.2. The van der Waals surface area contributed by atoms with Gasteiger partial charge in [-0.05, 0) is 26.0 Å². The number of nitrogens with two attached hydrogens (primary N) is 1. The number of nitrogens with zero attached hydrogens (tertiary/aromatic N) is 3. The molecule has 0 fully saturated rings. The van der Waals surface area contributed by atoms with Crippen LogP contribution >= 0.6 is 11.8 Å². The Balaban J connectivity index is 2.14. The zero-order valence-electron chi connectivity index (χ0n) is 12.7. The Labute approximate surface area is 133 Å². The number of nitrogens with one attached hydrogen (secondary N) is 1. The second kappa shape index (κ2) is 7.17. The number of amides is 1. The monoisotopic (exact) mass is 321 g/mol. The fourth-order valence-corrected chi connectivity index (χ4v) is 2.55. The van der Waals surface area contributed by atoms with Gasteiger partial charge in [0.05, 0.1) is 18.4 Å². The highest BCUT2D eigenvalue weighted by Gasteiger charge is 2.16. The number of benzene rings is 1. The van der Waals surface area contributed by atoms with E-state index < -0.39 is 0 Å². The third kappa shape index (κ3) is 3.70. The number of carbonyl (C=O) groups is 1. The van der Waals surface area contributed by atoms with Gasteiger partial charge in [0.1, 0.15) is 5.75 Å². The molecular weight excluding hydrogens is 302 g/mol. The van der Waals surface area contributed by atoms with Crippen molar-refractivity contribution in [3.05, 3.63) is 24.3 Å². The Morgan fingerprint density at radius 2 is 2.14 bits per heavy atom. The first-order valence-corrected chi connectivity index (χ1v) is 7.77. The smallest absolute Gasteiger partial charge is 0.230 e. The molecule has 0 saturated heterocycles. The normalized spacial score (nSPS) is 10.7. The number of para-hydroxylation sites is 1. The summed E-state index contributed by atoms with van der Waals surface area (Å²) in [4.78, 5) is 11.7. The van der Waals surface area contributed by atoms with Gasteiger partial charge in [-0.2, -0.15) is 0 Å². The van der Waals surface area contributed by atoms with Crippen molar-refractivity contribution >= 4 is 17.7 Å². The van der Waals surface area contributed by atoms with Crippen LogP contribution in [0.1, 0.15) is 13.8 Å². The van der Waals surface area contributed by atoms with Crippen LogP contribution in [0.25, 0.3) is 11.4 Å². The lowest BCUT2D eigenvalue weighted by Gasteiger charge is -2.09. The number of rotatable bonds is 6. The van der Waals surface area contributed by atoms with Gasteiger partial charge in [-0.3, -0.25) is 4.79 Å². The summed E-state index contributed by atoms with van der Waals surface area (Å²) in [6.45, 7) is 3.82. The van der Waals surface area contributed by atoms with E-state index in [2.05, 4.69) is 15.5 Å². The number of thioether (sulfide) groups is 1. The molecule has 2 rings (SSSR count). The molecule has 118 valence electrons. The van der Waals surface area contributed by atoms with Gasteiger partial charge in [-0.15, -0.1) is 10.2 Å². The standard InChI is InChI=1S/C14H19N5O2S/c1-9(2)16-12(20)8-22-14-18-17-13(19(14)15)10-6-4-5-7-11(10)21-3/h4-7,9H,8,15H2,1-3H3,(H,16,20). The van der Waals surface area contributed by atoms with Gasteiger partial charge >= 0.3 is 0 Å². The summed E-state index contributed by atoms with van der Waals surface area (Å²) < 4.78 is 6.66. The van der Waals surface area contributed by atoms with Crippen LogP contribution in [0.4, 0.5) is 0 Å². The van der Waals surface area contributed by atoms with E-state index in [1.807, 2.05) is 38.1 Å². The molecule has 0 radical (unpaired) electrons. The largest absolute Gasteiger partial charge is 0.496 e. The number of ether oxygens (including phenoxy) is 1. The molecule has 0 saturated carbocycles. The van der Waals surface area contributed by atoms with Gasteiger partial charge in [-0.25, -0.2) is 4.68 Å². The molecule has 0 unspecified atom stereocenters.